The van der Waals surface area contributed by atoms with Crippen LogP contribution in [0.4, 0.5) is 5.69 Å². The fourth-order valence-corrected chi connectivity index (χ4v) is 2.52. The maximum atomic E-state index is 5.67. The molecule has 1 saturated heterocycles. The monoisotopic (exact) mass is 230 g/mol. The summed E-state index contributed by atoms with van der Waals surface area (Å²) < 4.78 is 2.06. The Kier molecular flexibility index (Phi) is 2.73. The Labute approximate surface area is 101 Å². The number of nitrogens with zero attached hydrogens (tertiary/aromatic N) is 3. The molecule has 0 amide bonds. The number of piperidine rings is 1. The van der Waals surface area contributed by atoms with E-state index in [2.05, 4.69) is 32.6 Å². The minimum atomic E-state index is 0.532. The molecule has 2 aromatic rings. The number of imidazole rings is 1. The van der Waals surface area contributed by atoms with Gasteiger partial charge in [0.15, 0.2) is 0 Å². The second-order valence-electron chi connectivity index (χ2n) is 4.61. The molecule has 3 heterocycles. The number of rotatable bonds is 2. The van der Waals surface area contributed by atoms with Crippen molar-refractivity contribution >= 4 is 11.3 Å². The van der Waals surface area contributed by atoms with Crippen molar-refractivity contribution in [1.29, 1.82) is 0 Å². The topological polar surface area (TPSA) is 46.6 Å². The second kappa shape index (κ2) is 4.37. The Morgan fingerprint density at radius 2 is 2.06 bits per heavy atom. The SMILES string of the molecule is NCc1cnc2cc(N3CCCCC3)ccn12. The Morgan fingerprint density at radius 3 is 2.82 bits per heavy atom. The maximum absolute atomic E-state index is 5.67. The molecular weight excluding hydrogens is 212 g/mol. The van der Waals surface area contributed by atoms with E-state index in [1.165, 1.54) is 38.0 Å². The largest absolute Gasteiger partial charge is 0.371 e. The molecule has 0 unspecified atom stereocenters. The van der Waals surface area contributed by atoms with Crippen LogP contribution in [0.1, 0.15) is 25.0 Å². The highest BCUT2D eigenvalue weighted by Gasteiger charge is 2.12. The maximum Gasteiger partial charge on any atom is 0.138 e. The van der Waals surface area contributed by atoms with Crippen LogP contribution in [-0.4, -0.2) is 22.5 Å². The Bertz CT molecular complexity index is 511. The lowest BCUT2D eigenvalue weighted by Gasteiger charge is -2.28. The van der Waals surface area contributed by atoms with Gasteiger partial charge in [0, 0.05) is 37.6 Å². The average molecular weight is 230 g/mol. The lowest BCUT2D eigenvalue weighted by atomic mass is 10.1. The van der Waals surface area contributed by atoms with E-state index in [-0.39, 0.29) is 0 Å². The quantitative estimate of drug-likeness (QED) is 0.855. The number of anilines is 1. The van der Waals surface area contributed by atoms with Crippen LogP contribution in [0.15, 0.2) is 24.5 Å². The first kappa shape index (κ1) is 10.6. The lowest BCUT2D eigenvalue weighted by molar-refractivity contribution is 0.578. The van der Waals surface area contributed by atoms with Crippen LogP contribution < -0.4 is 10.6 Å². The molecule has 1 aliphatic rings. The first-order valence-corrected chi connectivity index (χ1v) is 6.29. The summed E-state index contributed by atoms with van der Waals surface area (Å²) in [5.74, 6) is 0. The van der Waals surface area contributed by atoms with E-state index in [0.717, 1.165) is 11.3 Å². The molecule has 17 heavy (non-hydrogen) atoms. The summed E-state index contributed by atoms with van der Waals surface area (Å²) in [6, 6.07) is 4.32. The number of aromatic nitrogens is 2. The van der Waals surface area contributed by atoms with E-state index in [9.17, 15) is 0 Å². The molecule has 4 nitrogen and oxygen atoms in total. The summed E-state index contributed by atoms with van der Waals surface area (Å²) in [6.45, 7) is 2.87. The molecule has 0 atom stereocenters. The van der Waals surface area contributed by atoms with Crippen molar-refractivity contribution < 1.29 is 0 Å². The van der Waals surface area contributed by atoms with Crippen LogP contribution in [-0.2, 0) is 6.54 Å². The first-order valence-electron chi connectivity index (χ1n) is 6.29. The van der Waals surface area contributed by atoms with Gasteiger partial charge in [-0.25, -0.2) is 4.98 Å². The molecule has 0 aromatic carbocycles. The molecule has 0 bridgehead atoms. The van der Waals surface area contributed by atoms with E-state index in [1.54, 1.807) is 0 Å². The van der Waals surface area contributed by atoms with Crippen molar-refractivity contribution in [3.63, 3.8) is 0 Å². The molecule has 0 radical (unpaired) electrons. The third kappa shape index (κ3) is 1.89. The van der Waals surface area contributed by atoms with Gasteiger partial charge in [-0.1, -0.05) is 0 Å². The predicted molar refractivity (Wildman–Crippen MR) is 69.1 cm³/mol. The van der Waals surface area contributed by atoms with Gasteiger partial charge in [0.2, 0.25) is 0 Å². The van der Waals surface area contributed by atoms with Gasteiger partial charge in [0.1, 0.15) is 5.65 Å². The molecule has 1 fully saturated rings. The van der Waals surface area contributed by atoms with Crippen molar-refractivity contribution in [3.05, 3.63) is 30.2 Å². The van der Waals surface area contributed by atoms with Crippen molar-refractivity contribution in [3.8, 4) is 0 Å². The third-order valence-corrected chi connectivity index (χ3v) is 3.50. The molecule has 0 spiro atoms. The second-order valence-corrected chi connectivity index (χ2v) is 4.61. The van der Waals surface area contributed by atoms with Crippen molar-refractivity contribution in [2.75, 3.05) is 18.0 Å². The molecular formula is C13H18N4. The number of nitrogens with two attached hydrogens (primary N) is 1. The van der Waals surface area contributed by atoms with E-state index in [4.69, 9.17) is 5.73 Å². The summed E-state index contributed by atoms with van der Waals surface area (Å²) >= 11 is 0. The molecule has 2 N–H and O–H groups in total. The van der Waals surface area contributed by atoms with E-state index >= 15 is 0 Å². The van der Waals surface area contributed by atoms with Gasteiger partial charge in [0.25, 0.3) is 0 Å². The van der Waals surface area contributed by atoms with Gasteiger partial charge < -0.3 is 15.0 Å². The summed E-state index contributed by atoms with van der Waals surface area (Å²) in [4.78, 5) is 6.85. The van der Waals surface area contributed by atoms with Gasteiger partial charge in [0.05, 0.1) is 11.9 Å². The Hall–Kier alpha value is -1.55. The minimum Gasteiger partial charge on any atom is -0.371 e. The number of hydrogen-bond acceptors (Lipinski definition) is 3. The molecule has 1 aliphatic heterocycles. The first-order chi connectivity index (χ1) is 8.38. The summed E-state index contributed by atoms with van der Waals surface area (Å²) in [7, 11) is 0. The van der Waals surface area contributed by atoms with Crippen LogP contribution >= 0.6 is 0 Å². The van der Waals surface area contributed by atoms with E-state index in [1.807, 2.05) is 6.20 Å². The normalized spacial score (nSPS) is 16.6. The highest BCUT2D eigenvalue weighted by molar-refractivity contribution is 5.57. The van der Waals surface area contributed by atoms with Gasteiger partial charge >= 0.3 is 0 Å². The van der Waals surface area contributed by atoms with Crippen LogP contribution in [0.3, 0.4) is 0 Å². The zero-order valence-electron chi connectivity index (χ0n) is 9.97. The van der Waals surface area contributed by atoms with Crippen molar-refractivity contribution in [2.24, 2.45) is 5.73 Å². The summed E-state index contributed by atoms with van der Waals surface area (Å²) in [6.07, 6.45) is 7.89. The minimum absolute atomic E-state index is 0.532. The average Bonchev–Trinajstić information content (AvgIpc) is 2.81. The molecule has 0 saturated carbocycles. The number of pyridine rings is 1. The highest BCUT2D eigenvalue weighted by Crippen LogP contribution is 2.21. The molecule has 0 aliphatic carbocycles. The van der Waals surface area contributed by atoms with Gasteiger partial charge in [-0.15, -0.1) is 0 Å². The summed E-state index contributed by atoms with van der Waals surface area (Å²) in [5.41, 5.74) is 9.01. The molecule has 2 aromatic heterocycles. The molecule has 4 heteroatoms. The standard InChI is InChI=1S/C13H18N4/c14-9-12-10-15-13-8-11(4-7-17(12)13)16-5-2-1-3-6-16/h4,7-8,10H,1-3,5-6,9,14H2. The van der Waals surface area contributed by atoms with Crippen LogP contribution in [0.2, 0.25) is 0 Å². The zero-order chi connectivity index (χ0) is 11.7. The number of hydrogen-bond donors (Lipinski definition) is 1. The van der Waals surface area contributed by atoms with Gasteiger partial charge in [-0.2, -0.15) is 0 Å². The predicted octanol–water partition coefficient (Wildman–Crippen LogP) is 1.78. The van der Waals surface area contributed by atoms with Crippen LogP contribution in [0.25, 0.3) is 5.65 Å². The van der Waals surface area contributed by atoms with E-state index < -0.39 is 0 Å². The summed E-state index contributed by atoms with van der Waals surface area (Å²) in [5, 5.41) is 0. The van der Waals surface area contributed by atoms with Crippen molar-refractivity contribution in [1.82, 2.24) is 9.38 Å². The smallest absolute Gasteiger partial charge is 0.138 e. The Balaban J connectivity index is 1.95. The number of fused-ring (bicyclic) bond motifs is 1. The fraction of sp³-hybridized carbons (Fsp3) is 0.462. The highest BCUT2D eigenvalue weighted by atomic mass is 15.1. The molecule has 90 valence electrons. The third-order valence-electron chi connectivity index (χ3n) is 3.50. The van der Waals surface area contributed by atoms with E-state index in [0.29, 0.717) is 6.54 Å². The van der Waals surface area contributed by atoms with Gasteiger partial charge in [-0.05, 0) is 25.3 Å². The zero-order valence-corrected chi connectivity index (χ0v) is 9.97. The van der Waals surface area contributed by atoms with Crippen LogP contribution in [0.5, 0.6) is 0 Å². The van der Waals surface area contributed by atoms with Crippen molar-refractivity contribution in [2.45, 2.75) is 25.8 Å². The molecule has 3 rings (SSSR count). The van der Waals surface area contributed by atoms with Gasteiger partial charge in [-0.3, -0.25) is 0 Å². The Morgan fingerprint density at radius 1 is 1.24 bits per heavy atom. The van der Waals surface area contributed by atoms with Crippen LogP contribution in [0, 0.1) is 0 Å². The fourth-order valence-electron chi connectivity index (χ4n) is 2.52. The lowest BCUT2D eigenvalue weighted by Crippen LogP contribution is -2.29.